The molecule has 0 atom stereocenters. The largest absolute Gasteiger partial charge is 0.381 e. The van der Waals surface area contributed by atoms with Gasteiger partial charge in [-0.3, -0.25) is 9.48 Å². The summed E-state index contributed by atoms with van der Waals surface area (Å²) in [5.74, 6) is -1.10. The lowest BCUT2D eigenvalue weighted by Crippen LogP contribution is -2.13. The zero-order valence-electron chi connectivity index (χ0n) is 10.8. The van der Waals surface area contributed by atoms with Gasteiger partial charge in [-0.1, -0.05) is 0 Å². The highest BCUT2D eigenvalue weighted by Gasteiger charge is 2.10. The first-order chi connectivity index (χ1) is 8.97. The predicted molar refractivity (Wildman–Crippen MR) is 70.2 cm³/mol. The SMILES string of the molecule is Cc1c(F)cc(C(N)=O)cc1NCc1cnn(C)c1. The van der Waals surface area contributed by atoms with Gasteiger partial charge < -0.3 is 11.1 Å². The number of carbonyl (C=O) groups is 1. The Morgan fingerprint density at radius 2 is 2.26 bits per heavy atom. The Kier molecular flexibility index (Phi) is 3.50. The number of aromatic nitrogens is 2. The maximum absolute atomic E-state index is 13.7. The monoisotopic (exact) mass is 262 g/mol. The van der Waals surface area contributed by atoms with E-state index in [1.54, 1.807) is 23.9 Å². The summed E-state index contributed by atoms with van der Waals surface area (Å²) in [7, 11) is 1.82. The van der Waals surface area contributed by atoms with E-state index >= 15 is 0 Å². The molecule has 1 amide bonds. The molecule has 100 valence electrons. The van der Waals surface area contributed by atoms with Gasteiger partial charge in [-0.25, -0.2) is 4.39 Å². The van der Waals surface area contributed by atoms with Crippen LogP contribution in [0.4, 0.5) is 10.1 Å². The molecule has 0 spiro atoms. The van der Waals surface area contributed by atoms with Gasteiger partial charge in [-0.2, -0.15) is 5.10 Å². The second-order valence-electron chi connectivity index (χ2n) is 4.37. The number of aryl methyl sites for hydroxylation is 1. The van der Waals surface area contributed by atoms with Gasteiger partial charge in [0.1, 0.15) is 5.82 Å². The van der Waals surface area contributed by atoms with Crippen molar-refractivity contribution in [1.82, 2.24) is 9.78 Å². The second-order valence-corrected chi connectivity index (χ2v) is 4.37. The van der Waals surface area contributed by atoms with E-state index in [-0.39, 0.29) is 5.56 Å². The average molecular weight is 262 g/mol. The Morgan fingerprint density at radius 1 is 1.53 bits per heavy atom. The summed E-state index contributed by atoms with van der Waals surface area (Å²) in [5, 5.41) is 7.12. The normalized spacial score (nSPS) is 10.5. The van der Waals surface area contributed by atoms with Gasteiger partial charge in [0, 0.05) is 42.2 Å². The third-order valence-corrected chi connectivity index (χ3v) is 2.87. The van der Waals surface area contributed by atoms with E-state index in [0.29, 0.717) is 17.8 Å². The smallest absolute Gasteiger partial charge is 0.248 e. The first kappa shape index (κ1) is 13.1. The molecule has 0 fully saturated rings. The van der Waals surface area contributed by atoms with Crippen LogP contribution in [0.1, 0.15) is 21.5 Å². The van der Waals surface area contributed by atoms with E-state index in [2.05, 4.69) is 10.4 Å². The number of nitrogens with zero attached hydrogens (tertiary/aromatic N) is 2. The van der Waals surface area contributed by atoms with Crippen LogP contribution in [0.15, 0.2) is 24.5 Å². The molecule has 0 radical (unpaired) electrons. The predicted octanol–water partition coefficient (Wildman–Crippen LogP) is 1.58. The Labute approximate surface area is 110 Å². The molecule has 2 aromatic rings. The van der Waals surface area contributed by atoms with E-state index in [0.717, 1.165) is 11.6 Å². The molecule has 0 aliphatic rings. The third-order valence-electron chi connectivity index (χ3n) is 2.87. The van der Waals surface area contributed by atoms with Crippen molar-refractivity contribution in [2.75, 3.05) is 5.32 Å². The quantitative estimate of drug-likeness (QED) is 0.878. The van der Waals surface area contributed by atoms with Crippen molar-refractivity contribution in [3.8, 4) is 0 Å². The fraction of sp³-hybridized carbons (Fsp3) is 0.231. The zero-order chi connectivity index (χ0) is 14.0. The van der Waals surface area contributed by atoms with Crippen molar-refractivity contribution >= 4 is 11.6 Å². The van der Waals surface area contributed by atoms with Gasteiger partial charge in [0.15, 0.2) is 0 Å². The molecule has 19 heavy (non-hydrogen) atoms. The van der Waals surface area contributed by atoms with E-state index in [9.17, 15) is 9.18 Å². The molecule has 1 aromatic carbocycles. The lowest BCUT2D eigenvalue weighted by molar-refractivity contribution is 0.1000. The summed E-state index contributed by atoms with van der Waals surface area (Å²) in [6.45, 7) is 2.14. The number of hydrogen-bond acceptors (Lipinski definition) is 3. The van der Waals surface area contributed by atoms with Crippen LogP contribution < -0.4 is 11.1 Å². The fourth-order valence-corrected chi connectivity index (χ4v) is 1.77. The van der Waals surface area contributed by atoms with E-state index < -0.39 is 11.7 Å². The van der Waals surface area contributed by atoms with Crippen LogP contribution in [0.2, 0.25) is 0 Å². The highest BCUT2D eigenvalue weighted by atomic mass is 19.1. The summed E-state index contributed by atoms with van der Waals surface area (Å²) in [6, 6.07) is 2.70. The maximum atomic E-state index is 13.7. The molecule has 0 aliphatic heterocycles. The number of hydrogen-bond donors (Lipinski definition) is 2. The molecule has 6 heteroatoms. The topological polar surface area (TPSA) is 72.9 Å². The summed E-state index contributed by atoms with van der Waals surface area (Å²) < 4.78 is 15.4. The molecule has 0 saturated heterocycles. The number of rotatable bonds is 4. The molecule has 1 aromatic heterocycles. The van der Waals surface area contributed by atoms with Crippen LogP contribution >= 0.6 is 0 Å². The summed E-state index contributed by atoms with van der Waals surface area (Å²) >= 11 is 0. The minimum Gasteiger partial charge on any atom is -0.381 e. The molecule has 3 N–H and O–H groups in total. The van der Waals surface area contributed by atoms with Crippen LogP contribution in [-0.4, -0.2) is 15.7 Å². The van der Waals surface area contributed by atoms with Crippen LogP contribution in [0, 0.1) is 12.7 Å². The van der Waals surface area contributed by atoms with Gasteiger partial charge in [0.25, 0.3) is 0 Å². The Hall–Kier alpha value is -2.37. The van der Waals surface area contributed by atoms with E-state index in [1.165, 1.54) is 0 Å². The molecule has 0 aliphatic carbocycles. The number of amides is 1. The number of carbonyl (C=O) groups excluding carboxylic acids is 1. The number of anilines is 1. The van der Waals surface area contributed by atoms with Crippen molar-refractivity contribution in [2.24, 2.45) is 12.8 Å². The van der Waals surface area contributed by atoms with Crippen LogP contribution in [0.5, 0.6) is 0 Å². The van der Waals surface area contributed by atoms with Gasteiger partial charge >= 0.3 is 0 Å². The molecule has 0 unspecified atom stereocenters. The van der Waals surface area contributed by atoms with Crippen molar-refractivity contribution in [3.05, 3.63) is 47.0 Å². The van der Waals surface area contributed by atoms with Crippen molar-refractivity contribution in [3.63, 3.8) is 0 Å². The van der Waals surface area contributed by atoms with Crippen molar-refractivity contribution < 1.29 is 9.18 Å². The summed E-state index contributed by atoms with van der Waals surface area (Å²) in [6.07, 6.45) is 3.58. The van der Waals surface area contributed by atoms with Gasteiger partial charge in [0.05, 0.1) is 6.20 Å². The minimum absolute atomic E-state index is 0.150. The van der Waals surface area contributed by atoms with Crippen LogP contribution in [-0.2, 0) is 13.6 Å². The number of nitrogens with one attached hydrogen (secondary N) is 1. The Bertz CT molecular complexity index is 621. The third kappa shape index (κ3) is 2.90. The van der Waals surface area contributed by atoms with Crippen LogP contribution in [0.25, 0.3) is 0 Å². The number of nitrogens with two attached hydrogens (primary N) is 1. The standard InChI is InChI=1S/C13H15FN4O/c1-8-11(14)3-10(13(15)19)4-12(8)16-5-9-6-17-18(2)7-9/h3-4,6-7,16H,5H2,1-2H3,(H2,15,19). The fourth-order valence-electron chi connectivity index (χ4n) is 1.77. The zero-order valence-corrected chi connectivity index (χ0v) is 10.8. The maximum Gasteiger partial charge on any atom is 0.248 e. The van der Waals surface area contributed by atoms with Gasteiger partial charge in [0.2, 0.25) is 5.91 Å². The first-order valence-electron chi connectivity index (χ1n) is 5.78. The molecule has 2 rings (SSSR count). The lowest BCUT2D eigenvalue weighted by atomic mass is 10.1. The van der Waals surface area contributed by atoms with E-state index in [1.807, 2.05) is 13.2 Å². The van der Waals surface area contributed by atoms with Crippen molar-refractivity contribution in [1.29, 1.82) is 0 Å². The number of benzene rings is 1. The average Bonchev–Trinajstić information content (AvgIpc) is 2.76. The minimum atomic E-state index is -0.650. The summed E-state index contributed by atoms with van der Waals surface area (Å²) in [4.78, 5) is 11.1. The van der Waals surface area contributed by atoms with Gasteiger partial charge in [-0.05, 0) is 19.1 Å². The first-order valence-corrected chi connectivity index (χ1v) is 5.78. The number of halogens is 1. The lowest BCUT2D eigenvalue weighted by Gasteiger charge is -2.11. The molecule has 0 saturated carbocycles. The van der Waals surface area contributed by atoms with Crippen LogP contribution in [0.3, 0.4) is 0 Å². The summed E-state index contributed by atoms with van der Waals surface area (Å²) in [5.41, 5.74) is 7.29. The second kappa shape index (κ2) is 5.09. The molecule has 5 nitrogen and oxygen atoms in total. The van der Waals surface area contributed by atoms with E-state index in [4.69, 9.17) is 5.73 Å². The number of primary amides is 1. The molecule has 0 bridgehead atoms. The Morgan fingerprint density at radius 3 is 2.84 bits per heavy atom. The van der Waals surface area contributed by atoms with Crippen molar-refractivity contribution in [2.45, 2.75) is 13.5 Å². The highest BCUT2D eigenvalue weighted by molar-refractivity contribution is 5.94. The molecule has 1 heterocycles. The highest BCUT2D eigenvalue weighted by Crippen LogP contribution is 2.21. The molecular formula is C13H15FN4O. The Balaban J connectivity index is 2.21. The molecular weight excluding hydrogens is 247 g/mol. The van der Waals surface area contributed by atoms with Gasteiger partial charge in [-0.15, -0.1) is 0 Å².